The number of amides is 1. The van der Waals surface area contributed by atoms with Gasteiger partial charge >= 0.3 is 12.1 Å². The zero-order chi connectivity index (χ0) is 21.1. The molecule has 2 unspecified atom stereocenters. The standard InChI is InChI=1S/C19H22F3N3O3/c1-11(18(27)28)17(14-7-5-4-6-8-14)23-16(26)9-15-12(2)24-25(13(15)3)10-19(20,21)22/h4-8,11,17H,9-10H2,1-3H3,(H,23,26)(H,27,28). The number of carboxylic acid groups (broad SMARTS) is 1. The average Bonchev–Trinajstić information content (AvgIpc) is 2.85. The van der Waals surface area contributed by atoms with Crippen LogP contribution in [0.25, 0.3) is 0 Å². The molecular weight excluding hydrogens is 375 g/mol. The van der Waals surface area contributed by atoms with Crippen LogP contribution < -0.4 is 5.32 Å². The van der Waals surface area contributed by atoms with E-state index in [4.69, 9.17) is 0 Å². The Bertz CT molecular complexity index is 847. The molecule has 2 N–H and O–H groups in total. The van der Waals surface area contributed by atoms with E-state index in [1.54, 1.807) is 30.3 Å². The van der Waals surface area contributed by atoms with E-state index in [2.05, 4.69) is 10.4 Å². The summed E-state index contributed by atoms with van der Waals surface area (Å²) in [6.07, 6.45) is -4.61. The molecule has 0 saturated heterocycles. The van der Waals surface area contributed by atoms with Crippen molar-refractivity contribution >= 4 is 11.9 Å². The fraction of sp³-hybridized carbons (Fsp3) is 0.421. The second-order valence-electron chi connectivity index (χ2n) is 6.68. The van der Waals surface area contributed by atoms with Gasteiger partial charge in [-0.25, -0.2) is 0 Å². The summed E-state index contributed by atoms with van der Waals surface area (Å²) in [5.74, 6) is -2.44. The van der Waals surface area contributed by atoms with Crippen LogP contribution in [0.4, 0.5) is 13.2 Å². The van der Waals surface area contributed by atoms with E-state index in [-0.39, 0.29) is 12.1 Å². The van der Waals surface area contributed by atoms with E-state index in [9.17, 15) is 27.9 Å². The van der Waals surface area contributed by atoms with Crippen LogP contribution in [-0.2, 0) is 22.6 Å². The number of aryl methyl sites for hydroxylation is 1. The minimum Gasteiger partial charge on any atom is -0.481 e. The Balaban J connectivity index is 2.20. The van der Waals surface area contributed by atoms with E-state index in [0.29, 0.717) is 16.8 Å². The number of aliphatic carboxylic acids is 1. The number of hydrogen-bond acceptors (Lipinski definition) is 3. The molecular formula is C19H22F3N3O3. The Morgan fingerprint density at radius 3 is 2.36 bits per heavy atom. The first kappa shape index (κ1) is 21.5. The predicted molar refractivity (Wildman–Crippen MR) is 95.6 cm³/mol. The highest BCUT2D eigenvalue weighted by atomic mass is 19.4. The molecule has 152 valence electrons. The fourth-order valence-corrected chi connectivity index (χ4v) is 3.00. The average molecular weight is 397 g/mol. The number of aromatic nitrogens is 2. The maximum atomic E-state index is 12.7. The molecule has 0 fully saturated rings. The Hall–Kier alpha value is -2.84. The quantitative estimate of drug-likeness (QED) is 0.752. The van der Waals surface area contributed by atoms with Gasteiger partial charge in [0, 0.05) is 11.3 Å². The molecule has 0 aliphatic rings. The van der Waals surface area contributed by atoms with Crippen molar-refractivity contribution in [2.75, 3.05) is 0 Å². The first-order valence-corrected chi connectivity index (χ1v) is 8.66. The fourth-order valence-electron chi connectivity index (χ4n) is 3.00. The number of carboxylic acids is 1. The van der Waals surface area contributed by atoms with E-state index in [1.807, 2.05) is 0 Å². The third kappa shape index (κ3) is 5.34. The smallest absolute Gasteiger partial charge is 0.408 e. The molecule has 1 aromatic carbocycles. The van der Waals surface area contributed by atoms with Crippen LogP contribution in [0.2, 0.25) is 0 Å². The summed E-state index contributed by atoms with van der Waals surface area (Å²) in [5.41, 5.74) is 1.62. The van der Waals surface area contributed by atoms with Gasteiger partial charge in [-0.1, -0.05) is 30.3 Å². The van der Waals surface area contributed by atoms with Crippen LogP contribution in [0.3, 0.4) is 0 Å². The molecule has 0 spiro atoms. The Kier molecular flexibility index (Phi) is 6.48. The van der Waals surface area contributed by atoms with Gasteiger partial charge in [0.1, 0.15) is 6.54 Å². The summed E-state index contributed by atoms with van der Waals surface area (Å²) < 4.78 is 38.8. The highest BCUT2D eigenvalue weighted by Crippen LogP contribution is 2.24. The van der Waals surface area contributed by atoms with E-state index < -0.39 is 36.6 Å². The lowest BCUT2D eigenvalue weighted by Gasteiger charge is -2.23. The number of nitrogens with zero attached hydrogens (tertiary/aromatic N) is 2. The summed E-state index contributed by atoms with van der Waals surface area (Å²) in [6, 6.07) is 7.90. The minimum absolute atomic E-state index is 0.189. The van der Waals surface area contributed by atoms with E-state index >= 15 is 0 Å². The molecule has 0 aliphatic heterocycles. The topological polar surface area (TPSA) is 84.2 Å². The summed E-state index contributed by atoms with van der Waals surface area (Å²) >= 11 is 0. The minimum atomic E-state index is -4.42. The zero-order valence-corrected chi connectivity index (χ0v) is 15.7. The monoisotopic (exact) mass is 397 g/mol. The second kappa shape index (κ2) is 8.45. The number of alkyl halides is 3. The molecule has 2 rings (SSSR count). The van der Waals surface area contributed by atoms with Crippen LogP contribution in [-0.4, -0.2) is 32.9 Å². The Morgan fingerprint density at radius 1 is 1.21 bits per heavy atom. The highest BCUT2D eigenvalue weighted by Gasteiger charge is 2.31. The number of benzene rings is 1. The van der Waals surface area contributed by atoms with Crippen LogP contribution in [0.15, 0.2) is 30.3 Å². The first-order valence-electron chi connectivity index (χ1n) is 8.66. The normalized spacial score (nSPS) is 13.8. The van der Waals surface area contributed by atoms with Crippen molar-refractivity contribution < 1.29 is 27.9 Å². The van der Waals surface area contributed by atoms with Gasteiger partial charge in [0.25, 0.3) is 0 Å². The van der Waals surface area contributed by atoms with Gasteiger partial charge < -0.3 is 10.4 Å². The lowest BCUT2D eigenvalue weighted by atomic mass is 9.94. The predicted octanol–water partition coefficient (Wildman–Crippen LogP) is 3.18. The van der Waals surface area contributed by atoms with Gasteiger partial charge in [-0.3, -0.25) is 14.3 Å². The molecule has 9 heteroatoms. The number of rotatable bonds is 7. The highest BCUT2D eigenvalue weighted by molar-refractivity contribution is 5.81. The number of carbonyl (C=O) groups is 2. The molecule has 1 aromatic heterocycles. The van der Waals surface area contributed by atoms with Gasteiger partial charge in [0.15, 0.2) is 0 Å². The number of nitrogens with one attached hydrogen (secondary N) is 1. The van der Waals surface area contributed by atoms with Crippen LogP contribution in [0, 0.1) is 19.8 Å². The number of carbonyl (C=O) groups excluding carboxylic acids is 1. The third-order valence-corrected chi connectivity index (χ3v) is 4.56. The zero-order valence-electron chi connectivity index (χ0n) is 15.7. The lowest BCUT2D eigenvalue weighted by Crippen LogP contribution is -2.36. The van der Waals surface area contributed by atoms with Gasteiger partial charge in [-0.05, 0) is 26.3 Å². The maximum Gasteiger partial charge on any atom is 0.408 e. The van der Waals surface area contributed by atoms with Gasteiger partial charge in [0.2, 0.25) is 5.91 Å². The molecule has 0 saturated carbocycles. The molecule has 2 aromatic rings. The van der Waals surface area contributed by atoms with Gasteiger partial charge in [-0.15, -0.1) is 0 Å². The number of halogens is 3. The molecule has 2 atom stereocenters. The first-order chi connectivity index (χ1) is 13.0. The summed E-state index contributed by atoms with van der Waals surface area (Å²) in [5, 5.41) is 15.9. The summed E-state index contributed by atoms with van der Waals surface area (Å²) in [4.78, 5) is 24.0. The van der Waals surface area contributed by atoms with Gasteiger partial charge in [-0.2, -0.15) is 18.3 Å². The molecule has 6 nitrogen and oxygen atoms in total. The van der Waals surface area contributed by atoms with Crippen LogP contribution >= 0.6 is 0 Å². The Labute approximate surface area is 160 Å². The molecule has 28 heavy (non-hydrogen) atoms. The summed E-state index contributed by atoms with van der Waals surface area (Å²) in [6.45, 7) is 3.27. The molecule has 1 amide bonds. The van der Waals surface area contributed by atoms with Crippen molar-refractivity contribution in [3.05, 3.63) is 52.8 Å². The molecule has 0 radical (unpaired) electrons. The van der Waals surface area contributed by atoms with Crippen molar-refractivity contribution in [2.45, 2.75) is 46.0 Å². The maximum absolute atomic E-state index is 12.7. The molecule has 1 heterocycles. The Morgan fingerprint density at radius 2 is 1.82 bits per heavy atom. The van der Waals surface area contributed by atoms with Crippen molar-refractivity contribution in [1.29, 1.82) is 0 Å². The SMILES string of the molecule is Cc1nn(CC(F)(F)F)c(C)c1CC(=O)NC(c1ccccc1)C(C)C(=O)O. The molecule has 0 aliphatic carbocycles. The molecule has 0 bridgehead atoms. The number of hydrogen-bond donors (Lipinski definition) is 2. The van der Waals surface area contributed by atoms with E-state index in [1.165, 1.54) is 20.8 Å². The summed E-state index contributed by atoms with van der Waals surface area (Å²) in [7, 11) is 0. The van der Waals surface area contributed by atoms with Crippen molar-refractivity contribution in [3.8, 4) is 0 Å². The van der Waals surface area contributed by atoms with Crippen LogP contribution in [0.1, 0.15) is 35.5 Å². The van der Waals surface area contributed by atoms with Crippen molar-refractivity contribution in [1.82, 2.24) is 15.1 Å². The third-order valence-electron chi connectivity index (χ3n) is 4.56. The largest absolute Gasteiger partial charge is 0.481 e. The van der Waals surface area contributed by atoms with Crippen LogP contribution in [0.5, 0.6) is 0 Å². The lowest BCUT2D eigenvalue weighted by molar-refractivity contribution is -0.143. The second-order valence-corrected chi connectivity index (χ2v) is 6.68. The van der Waals surface area contributed by atoms with Crippen molar-refractivity contribution in [3.63, 3.8) is 0 Å². The van der Waals surface area contributed by atoms with Gasteiger partial charge in [0.05, 0.1) is 24.1 Å². The van der Waals surface area contributed by atoms with Crippen molar-refractivity contribution in [2.24, 2.45) is 5.92 Å². The van der Waals surface area contributed by atoms with E-state index in [0.717, 1.165) is 4.68 Å².